The van der Waals surface area contributed by atoms with Crippen molar-refractivity contribution in [1.82, 2.24) is 0 Å². The van der Waals surface area contributed by atoms with Gasteiger partial charge in [-0.2, -0.15) is 5.26 Å². The highest BCUT2D eigenvalue weighted by molar-refractivity contribution is 5.25. The zero-order valence-electron chi connectivity index (χ0n) is 6.64. The standard InChI is InChI=1S/C9H11NO2/c10-6-2-4-7-3-1-5-8(11)9(7)12/h1,3,5,8-9,11-12H,2,4H2/t8-,9+/m0/s1. The van der Waals surface area contributed by atoms with Crippen molar-refractivity contribution in [2.45, 2.75) is 25.0 Å². The monoisotopic (exact) mass is 165 g/mol. The highest BCUT2D eigenvalue weighted by Crippen LogP contribution is 2.17. The molecule has 12 heavy (non-hydrogen) atoms. The third-order valence-electron chi connectivity index (χ3n) is 1.85. The molecule has 2 atom stereocenters. The van der Waals surface area contributed by atoms with E-state index in [9.17, 15) is 10.2 Å². The molecule has 64 valence electrons. The second-order valence-corrected chi connectivity index (χ2v) is 2.72. The van der Waals surface area contributed by atoms with Crippen molar-refractivity contribution in [2.75, 3.05) is 0 Å². The lowest BCUT2D eigenvalue weighted by Crippen LogP contribution is -2.27. The fourth-order valence-corrected chi connectivity index (χ4v) is 1.15. The van der Waals surface area contributed by atoms with Gasteiger partial charge in [0.2, 0.25) is 0 Å². The van der Waals surface area contributed by atoms with Gasteiger partial charge in [0, 0.05) is 6.42 Å². The molecule has 0 radical (unpaired) electrons. The smallest absolute Gasteiger partial charge is 0.105 e. The number of nitrogens with zero attached hydrogens (tertiary/aromatic N) is 1. The van der Waals surface area contributed by atoms with Crippen LogP contribution in [0.5, 0.6) is 0 Å². The highest BCUT2D eigenvalue weighted by Gasteiger charge is 2.19. The quantitative estimate of drug-likeness (QED) is 0.626. The molecule has 0 saturated heterocycles. The van der Waals surface area contributed by atoms with Gasteiger partial charge in [0.05, 0.1) is 6.07 Å². The molecule has 3 nitrogen and oxygen atoms in total. The molecular weight excluding hydrogens is 154 g/mol. The van der Waals surface area contributed by atoms with Gasteiger partial charge in [-0.1, -0.05) is 18.2 Å². The van der Waals surface area contributed by atoms with Crippen molar-refractivity contribution >= 4 is 0 Å². The molecule has 0 aromatic heterocycles. The second kappa shape index (κ2) is 4.05. The summed E-state index contributed by atoms with van der Waals surface area (Å²) in [4.78, 5) is 0. The topological polar surface area (TPSA) is 64.2 Å². The number of rotatable bonds is 2. The van der Waals surface area contributed by atoms with Gasteiger partial charge in [0.1, 0.15) is 12.2 Å². The van der Waals surface area contributed by atoms with Crippen molar-refractivity contribution in [3.05, 3.63) is 23.8 Å². The average Bonchev–Trinajstić information content (AvgIpc) is 2.08. The summed E-state index contributed by atoms with van der Waals surface area (Å²) in [5.41, 5.74) is 0.728. The molecule has 0 aliphatic heterocycles. The molecule has 0 unspecified atom stereocenters. The van der Waals surface area contributed by atoms with Crippen molar-refractivity contribution in [3.8, 4) is 6.07 Å². The van der Waals surface area contributed by atoms with Gasteiger partial charge in [-0.15, -0.1) is 0 Å². The van der Waals surface area contributed by atoms with Crippen LogP contribution in [0.3, 0.4) is 0 Å². The first kappa shape index (κ1) is 8.98. The maximum absolute atomic E-state index is 9.39. The van der Waals surface area contributed by atoms with Gasteiger partial charge in [-0.05, 0) is 12.0 Å². The molecular formula is C9H11NO2. The minimum absolute atomic E-state index is 0.378. The van der Waals surface area contributed by atoms with Crippen molar-refractivity contribution in [1.29, 1.82) is 5.26 Å². The predicted octanol–water partition coefficient (Wildman–Crippen LogP) is 0.508. The first-order valence-corrected chi connectivity index (χ1v) is 3.86. The van der Waals surface area contributed by atoms with Crippen LogP contribution in [0.2, 0.25) is 0 Å². The van der Waals surface area contributed by atoms with E-state index in [0.717, 1.165) is 5.57 Å². The Morgan fingerprint density at radius 1 is 1.50 bits per heavy atom. The number of nitriles is 1. The zero-order valence-corrected chi connectivity index (χ0v) is 6.64. The highest BCUT2D eigenvalue weighted by atomic mass is 16.3. The van der Waals surface area contributed by atoms with E-state index < -0.39 is 12.2 Å². The molecule has 2 N–H and O–H groups in total. The first-order chi connectivity index (χ1) is 5.75. The van der Waals surface area contributed by atoms with Gasteiger partial charge < -0.3 is 10.2 Å². The minimum Gasteiger partial charge on any atom is -0.386 e. The molecule has 0 saturated carbocycles. The molecule has 0 fully saturated rings. The molecule has 0 bridgehead atoms. The fraction of sp³-hybridized carbons (Fsp3) is 0.444. The first-order valence-electron chi connectivity index (χ1n) is 3.86. The van der Waals surface area contributed by atoms with Crippen molar-refractivity contribution in [3.63, 3.8) is 0 Å². The molecule has 0 aromatic rings. The van der Waals surface area contributed by atoms with Crippen LogP contribution in [-0.2, 0) is 0 Å². The van der Waals surface area contributed by atoms with E-state index in [0.29, 0.717) is 12.8 Å². The Labute approximate surface area is 71.3 Å². The summed E-state index contributed by atoms with van der Waals surface area (Å²) in [6.07, 6.45) is 4.23. The number of aliphatic hydroxyl groups is 2. The lowest BCUT2D eigenvalue weighted by Gasteiger charge is -2.20. The fourth-order valence-electron chi connectivity index (χ4n) is 1.15. The van der Waals surface area contributed by atoms with Gasteiger partial charge in [-0.25, -0.2) is 0 Å². The normalized spacial score (nSPS) is 27.9. The largest absolute Gasteiger partial charge is 0.386 e. The van der Waals surface area contributed by atoms with E-state index in [4.69, 9.17) is 5.26 Å². The predicted molar refractivity (Wildman–Crippen MR) is 44.1 cm³/mol. The van der Waals surface area contributed by atoms with Gasteiger partial charge in [0.25, 0.3) is 0 Å². The molecule has 1 aliphatic carbocycles. The van der Waals surface area contributed by atoms with Gasteiger partial charge in [-0.3, -0.25) is 0 Å². The Bertz CT molecular complexity index is 250. The SMILES string of the molecule is N#CCCC1=CC=C[C@H](O)[C@@H]1O. The Hall–Kier alpha value is -1.11. The van der Waals surface area contributed by atoms with Crippen LogP contribution >= 0.6 is 0 Å². The lowest BCUT2D eigenvalue weighted by molar-refractivity contribution is 0.0694. The summed E-state index contributed by atoms with van der Waals surface area (Å²) < 4.78 is 0. The van der Waals surface area contributed by atoms with Crippen LogP contribution in [0.15, 0.2) is 23.8 Å². The van der Waals surface area contributed by atoms with E-state index in [-0.39, 0.29) is 0 Å². The van der Waals surface area contributed by atoms with E-state index in [1.807, 2.05) is 6.07 Å². The number of aliphatic hydroxyl groups excluding tert-OH is 2. The Balaban J connectivity index is 2.58. The third kappa shape index (κ3) is 1.94. The van der Waals surface area contributed by atoms with Crippen LogP contribution in [-0.4, -0.2) is 22.4 Å². The third-order valence-corrected chi connectivity index (χ3v) is 1.85. The average molecular weight is 165 g/mol. The van der Waals surface area contributed by atoms with Crippen LogP contribution in [0, 0.1) is 11.3 Å². The Morgan fingerprint density at radius 2 is 2.25 bits per heavy atom. The number of hydrogen-bond acceptors (Lipinski definition) is 3. The van der Waals surface area contributed by atoms with Crippen LogP contribution in [0.4, 0.5) is 0 Å². The molecule has 0 heterocycles. The lowest BCUT2D eigenvalue weighted by atomic mass is 9.96. The summed E-state index contributed by atoms with van der Waals surface area (Å²) in [5, 5.41) is 26.9. The molecule has 0 aromatic carbocycles. The van der Waals surface area contributed by atoms with Crippen LogP contribution in [0.25, 0.3) is 0 Å². The summed E-state index contributed by atoms with van der Waals surface area (Å²) in [7, 11) is 0. The Morgan fingerprint density at radius 3 is 2.92 bits per heavy atom. The van der Waals surface area contributed by atoms with Crippen molar-refractivity contribution < 1.29 is 10.2 Å². The minimum atomic E-state index is -0.830. The molecule has 0 spiro atoms. The number of allylic oxidation sites excluding steroid dienone is 2. The zero-order chi connectivity index (χ0) is 8.97. The van der Waals surface area contributed by atoms with E-state index >= 15 is 0 Å². The second-order valence-electron chi connectivity index (χ2n) is 2.72. The van der Waals surface area contributed by atoms with E-state index in [1.54, 1.807) is 12.2 Å². The molecule has 3 heteroatoms. The maximum atomic E-state index is 9.39. The maximum Gasteiger partial charge on any atom is 0.105 e. The number of hydrogen-bond donors (Lipinski definition) is 2. The summed E-state index contributed by atoms with van der Waals surface area (Å²) in [5.74, 6) is 0. The van der Waals surface area contributed by atoms with Crippen molar-refractivity contribution in [2.24, 2.45) is 0 Å². The summed E-state index contributed by atoms with van der Waals surface area (Å²) >= 11 is 0. The summed E-state index contributed by atoms with van der Waals surface area (Å²) in [6, 6.07) is 1.99. The molecule has 0 amide bonds. The van der Waals surface area contributed by atoms with Crippen LogP contribution in [0.1, 0.15) is 12.8 Å². The van der Waals surface area contributed by atoms with Crippen LogP contribution < -0.4 is 0 Å². The molecule has 1 rings (SSSR count). The van der Waals surface area contributed by atoms with Gasteiger partial charge in [0.15, 0.2) is 0 Å². The van der Waals surface area contributed by atoms with E-state index in [1.165, 1.54) is 6.08 Å². The molecule has 1 aliphatic rings. The Kier molecular flexibility index (Phi) is 3.03. The summed E-state index contributed by atoms with van der Waals surface area (Å²) in [6.45, 7) is 0. The van der Waals surface area contributed by atoms with E-state index in [2.05, 4.69) is 0 Å². The van der Waals surface area contributed by atoms with Gasteiger partial charge >= 0.3 is 0 Å².